The first-order chi connectivity index (χ1) is 13.2. The summed E-state index contributed by atoms with van der Waals surface area (Å²) in [7, 11) is 0. The van der Waals surface area contributed by atoms with Crippen molar-refractivity contribution in [3.05, 3.63) is 65.7 Å². The molecule has 7 heteroatoms. The number of tetrazole rings is 1. The second kappa shape index (κ2) is 6.14. The Labute approximate surface area is 157 Å². The highest BCUT2D eigenvalue weighted by Crippen LogP contribution is 2.50. The third-order valence-corrected chi connectivity index (χ3v) is 6.15. The fourth-order valence-corrected chi connectivity index (χ4v) is 4.70. The minimum atomic E-state index is -0.554. The van der Waals surface area contributed by atoms with Crippen molar-refractivity contribution in [1.82, 2.24) is 20.2 Å². The number of para-hydroxylation sites is 1. The van der Waals surface area contributed by atoms with Gasteiger partial charge in [-0.05, 0) is 46.5 Å². The van der Waals surface area contributed by atoms with Gasteiger partial charge in [-0.2, -0.15) is 4.68 Å². The van der Waals surface area contributed by atoms with E-state index in [1.54, 1.807) is 4.68 Å². The van der Waals surface area contributed by atoms with Gasteiger partial charge in [0.05, 0.1) is 17.8 Å². The number of piperidine rings is 1. The molecule has 0 saturated carbocycles. The van der Waals surface area contributed by atoms with E-state index in [0.717, 1.165) is 43.1 Å². The highest BCUT2D eigenvalue weighted by Gasteiger charge is 2.51. The number of rotatable bonds is 2. The van der Waals surface area contributed by atoms with Crippen LogP contribution in [0.5, 0.6) is 0 Å². The number of aromatic nitrogens is 4. The first-order valence-electron chi connectivity index (χ1n) is 9.32. The van der Waals surface area contributed by atoms with Gasteiger partial charge in [0.2, 0.25) is 5.95 Å². The summed E-state index contributed by atoms with van der Waals surface area (Å²) in [6.45, 7) is 1.54. The van der Waals surface area contributed by atoms with Crippen LogP contribution in [0.2, 0.25) is 0 Å². The molecule has 0 bridgehead atoms. The molecule has 1 saturated heterocycles. The van der Waals surface area contributed by atoms with Gasteiger partial charge in [0, 0.05) is 18.5 Å². The molecule has 1 fully saturated rings. The number of aliphatic hydroxyl groups excluding tert-OH is 1. The van der Waals surface area contributed by atoms with Crippen molar-refractivity contribution in [3.63, 3.8) is 0 Å². The Bertz CT molecular complexity index is 948. The number of aliphatic hydroxyl groups is 1. The maximum Gasteiger partial charge on any atom is 0.250 e. The summed E-state index contributed by atoms with van der Waals surface area (Å²) in [5.74, 6) is 0.737. The molecule has 2 aromatic carbocycles. The van der Waals surface area contributed by atoms with Gasteiger partial charge in [0.15, 0.2) is 0 Å². The Balaban J connectivity index is 1.43. The lowest BCUT2D eigenvalue weighted by Crippen LogP contribution is -2.49. The van der Waals surface area contributed by atoms with Gasteiger partial charge in [-0.3, -0.25) is 0 Å². The summed E-state index contributed by atoms with van der Waals surface area (Å²) in [5.41, 5.74) is 9.26. The lowest BCUT2D eigenvalue weighted by Gasteiger charge is -2.42. The first kappa shape index (κ1) is 16.4. The predicted octanol–water partition coefficient (Wildman–Crippen LogP) is 1.57. The maximum atomic E-state index is 11.0. The number of fused-ring (bicyclic) bond motifs is 2. The molecule has 7 nitrogen and oxygen atoms in total. The molecule has 2 heterocycles. The maximum absolute atomic E-state index is 11.0. The number of benzene rings is 2. The number of nitrogens with zero attached hydrogens (tertiary/aromatic N) is 5. The van der Waals surface area contributed by atoms with E-state index >= 15 is 0 Å². The summed E-state index contributed by atoms with van der Waals surface area (Å²) in [5, 5.41) is 23.2. The lowest BCUT2D eigenvalue weighted by molar-refractivity contribution is 0.0581. The zero-order valence-corrected chi connectivity index (χ0v) is 14.9. The fourth-order valence-electron chi connectivity index (χ4n) is 4.70. The van der Waals surface area contributed by atoms with Gasteiger partial charge in [-0.25, -0.2) is 0 Å². The van der Waals surface area contributed by atoms with Gasteiger partial charge >= 0.3 is 0 Å². The Kier molecular flexibility index (Phi) is 3.73. The molecule has 27 heavy (non-hydrogen) atoms. The van der Waals surface area contributed by atoms with Gasteiger partial charge in [0.25, 0.3) is 0 Å². The quantitative estimate of drug-likeness (QED) is 0.719. The number of hydrogen-bond donors (Lipinski definition) is 2. The van der Waals surface area contributed by atoms with Crippen molar-refractivity contribution in [2.24, 2.45) is 5.73 Å². The van der Waals surface area contributed by atoms with Gasteiger partial charge in [-0.1, -0.05) is 47.6 Å². The molecule has 1 aliphatic heterocycles. The number of nitrogens with two attached hydrogens (primary N) is 1. The van der Waals surface area contributed by atoms with E-state index in [-0.39, 0.29) is 11.5 Å². The first-order valence-corrected chi connectivity index (χ1v) is 9.32. The van der Waals surface area contributed by atoms with Gasteiger partial charge in [0.1, 0.15) is 0 Å². The van der Waals surface area contributed by atoms with Crippen LogP contribution < -0.4 is 10.6 Å². The van der Waals surface area contributed by atoms with Gasteiger partial charge < -0.3 is 15.7 Å². The topological polar surface area (TPSA) is 93.1 Å². The highest BCUT2D eigenvalue weighted by atomic mass is 16.3. The molecule has 1 aliphatic carbocycles. The van der Waals surface area contributed by atoms with E-state index < -0.39 is 6.10 Å². The van der Waals surface area contributed by atoms with E-state index in [1.165, 1.54) is 5.56 Å². The summed E-state index contributed by atoms with van der Waals surface area (Å²) < 4.78 is 1.77. The van der Waals surface area contributed by atoms with E-state index in [9.17, 15) is 5.11 Å². The van der Waals surface area contributed by atoms with Crippen LogP contribution in [0, 0.1) is 0 Å². The Morgan fingerprint density at radius 3 is 2.48 bits per heavy atom. The average molecular weight is 362 g/mol. The van der Waals surface area contributed by atoms with Crippen molar-refractivity contribution < 1.29 is 5.11 Å². The summed E-state index contributed by atoms with van der Waals surface area (Å²) in [4.78, 5) is 2.19. The molecule has 2 aliphatic rings. The van der Waals surface area contributed by atoms with Crippen LogP contribution in [-0.4, -0.2) is 44.5 Å². The molecule has 0 amide bonds. The van der Waals surface area contributed by atoms with Crippen LogP contribution in [0.3, 0.4) is 0 Å². The van der Waals surface area contributed by atoms with Crippen LogP contribution in [0.4, 0.5) is 5.95 Å². The third kappa shape index (κ3) is 2.39. The lowest BCUT2D eigenvalue weighted by atomic mass is 9.72. The zero-order valence-electron chi connectivity index (χ0n) is 14.9. The SMILES string of the molecule is N[C@H]1c2ccccc2C2(CCN(c3nnnn3-c3ccccc3)CC2)[C@@H]1O. The molecule has 138 valence electrons. The van der Waals surface area contributed by atoms with Crippen LogP contribution in [0.15, 0.2) is 54.6 Å². The van der Waals surface area contributed by atoms with Crippen LogP contribution in [0.25, 0.3) is 5.69 Å². The average Bonchev–Trinajstić information content (AvgIpc) is 3.29. The van der Waals surface area contributed by atoms with Crippen molar-refractivity contribution in [1.29, 1.82) is 0 Å². The van der Waals surface area contributed by atoms with E-state index in [2.05, 4.69) is 26.5 Å². The van der Waals surface area contributed by atoms with Crippen molar-refractivity contribution in [2.45, 2.75) is 30.4 Å². The Hall–Kier alpha value is -2.77. The second-order valence-electron chi connectivity index (χ2n) is 7.43. The molecule has 0 unspecified atom stereocenters. The van der Waals surface area contributed by atoms with E-state index in [1.807, 2.05) is 48.5 Å². The second-order valence-corrected chi connectivity index (χ2v) is 7.43. The Morgan fingerprint density at radius 1 is 1.00 bits per heavy atom. The van der Waals surface area contributed by atoms with Gasteiger partial charge in [-0.15, -0.1) is 0 Å². The summed E-state index contributed by atoms with van der Waals surface area (Å²) in [6.07, 6.45) is 1.09. The van der Waals surface area contributed by atoms with Crippen LogP contribution in [-0.2, 0) is 5.41 Å². The third-order valence-electron chi connectivity index (χ3n) is 6.15. The van der Waals surface area contributed by atoms with E-state index in [0.29, 0.717) is 0 Å². The molecule has 1 aromatic heterocycles. The van der Waals surface area contributed by atoms with Crippen molar-refractivity contribution in [3.8, 4) is 5.69 Å². The smallest absolute Gasteiger partial charge is 0.250 e. The van der Waals surface area contributed by atoms with Crippen molar-refractivity contribution >= 4 is 5.95 Å². The highest BCUT2D eigenvalue weighted by molar-refractivity contribution is 5.47. The molecule has 3 aromatic rings. The predicted molar refractivity (Wildman–Crippen MR) is 102 cm³/mol. The number of hydrogen-bond acceptors (Lipinski definition) is 6. The molecular weight excluding hydrogens is 340 g/mol. The minimum absolute atomic E-state index is 0.280. The molecule has 2 atom stereocenters. The largest absolute Gasteiger partial charge is 0.390 e. The minimum Gasteiger partial charge on any atom is -0.390 e. The normalized spacial score (nSPS) is 23.6. The summed E-state index contributed by atoms with van der Waals surface area (Å²) >= 11 is 0. The van der Waals surface area contributed by atoms with Crippen LogP contribution >= 0.6 is 0 Å². The summed E-state index contributed by atoms with van der Waals surface area (Å²) in [6, 6.07) is 17.8. The molecule has 0 radical (unpaired) electrons. The van der Waals surface area contributed by atoms with Crippen LogP contribution in [0.1, 0.15) is 30.0 Å². The fraction of sp³-hybridized carbons (Fsp3) is 0.350. The standard InChI is InChI=1S/C20H22N6O/c21-17-15-8-4-5-9-16(15)20(18(17)27)10-12-25(13-11-20)19-22-23-24-26(19)14-6-2-1-3-7-14/h1-9,17-18,27H,10-13,21H2/t17-,18+/m0/s1. The zero-order chi connectivity index (χ0) is 18.4. The molecule has 1 spiro atoms. The monoisotopic (exact) mass is 362 g/mol. The number of anilines is 1. The molecular formula is C20H22N6O. The molecule has 5 rings (SSSR count). The molecule has 3 N–H and O–H groups in total. The Morgan fingerprint density at radius 2 is 1.70 bits per heavy atom. The van der Waals surface area contributed by atoms with E-state index in [4.69, 9.17) is 5.73 Å². The van der Waals surface area contributed by atoms with Crippen molar-refractivity contribution in [2.75, 3.05) is 18.0 Å².